The molecular formula is C43H41N7O5. The summed E-state index contributed by atoms with van der Waals surface area (Å²) >= 11 is 0. The minimum Gasteiger partial charge on any atom is -0.508 e. The summed E-state index contributed by atoms with van der Waals surface area (Å²) in [7, 11) is 3.90. The van der Waals surface area contributed by atoms with Crippen LogP contribution in [0.2, 0.25) is 0 Å². The summed E-state index contributed by atoms with van der Waals surface area (Å²) in [6.07, 6.45) is 3.24. The number of benzene rings is 3. The van der Waals surface area contributed by atoms with Gasteiger partial charge in [-0.15, -0.1) is 0 Å². The highest BCUT2D eigenvalue weighted by Crippen LogP contribution is 2.42. The zero-order valence-corrected chi connectivity index (χ0v) is 31.0. The number of anilines is 3. The van der Waals surface area contributed by atoms with E-state index in [4.69, 9.17) is 14.5 Å². The summed E-state index contributed by atoms with van der Waals surface area (Å²) in [4.78, 5) is 42.6. The van der Waals surface area contributed by atoms with Crippen LogP contribution in [0.25, 0.3) is 11.3 Å². The standard InChI is InChI=1S/C43H41N7O5/c1-26-35(43(53)50(31-8-10-34(51)11-9-31)32-15-29-12-13-46(2)41(29)45-20-32)16-38(47(26)3)36-17-39-40(55-25-54-39)18-37(36)42(52)49-23-30-7-5-4-6-28(30)14-33(49)24-48-21-27(19-44)22-48/h4-11,15-18,20,27,33,51H,12-14,21-25H2,1-3H3/t33-/m0/s1. The number of fused-ring (bicyclic) bond motifs is 3. The second-order valence-electron chi connectivity index (χ2n) is 14.9. The molecule has 12 nitrogen and oxygen atoms in total. The summed E-state index contributed by atoms with van der Waals surface area (Å²) in [6.45, 7) is 5.31. The van der Waals surface area contributed by atoms with E-state index in [0.717, 1.165) is 29.9 Å². The molecule has 2 amide bonds. The molecule has 9 rings (SSSR count). The summed E-state index contributed by atoms with van der Waals surface area (Å²) in [5.41, 5.74) is 7.52. The zero-order chi connectivity index (χ0) is 38.0. The number of carbonyl (C=O) groups is 2. The molecule has 4 aliphatic heterocycles. The molecule has 0 aliphatic carbocycles. The Labute approximate surface area is 319 Å². The van der Waals surface area contributed by atoms with Crippen LogP contribution in [-0.4, -0.2) is 82.3 Å². The van der Waals surface area contributed by atoms with Gasteiger partial charge in [0.15, 0.2) is 11.5 Å². The van der Waals surface area contributed by atoms with Gasteiger partial charge in [-0.1, -0.05) is 24.3 Å². The molecule has 4 aliphatic rings. The van der Waals surface area contributed by atoms with Crippen molar-refractivity contribution in [1.29, 1.82) is 5.26 Å². The van der Waals surface area contributed by atoms with Crippen LogP contribution in [0.4, 0.5) is 17.2 Å². The van der Waals surface area contributed by atoms with Crippen LogP contribution < -0.4 is 19.3 Å². The molecule has 5 aromatic rings. The molecule has 1 N–H and O–H groups in total. The maximum atomic E-state index is 15.0. The maximum absolute atomic E-state index is 15.0. The number of pyridine rings is 1. The number of hydrogen-bond donors (Lipinski definition) is 1. The molecule has 55 heavy (non-hydrogen) atoms. The third-order valence-corrected chi connectivity index (χ3v) is 11.6. The van der Waals surface area contributed by atoms with E-state index < -0.39 is 0 Å². The number of phenolic OH excluding ortho intramolecular Hbond substituents is 1. The van der Waals surface area contributed by atoms with Crippen molar-refractivity contribution < 1.29 is 24.2 Å². The van der Waals surface area contributed by atoms with Crippen molar-refractivity contribution in [2.24, 2.45) is 13.0 Å². The summed E-state index contributed by atoms with van der Waals surface area (Å²) in [5.74, 6) is 1.62. The molecule has 0 bridgehead atoms. The van der Waals surface area contributed by atoms with Crippen LogP contribution in [-0.2, 0) is 26.4 Å². The van der Waals surface area contributed by atoms with Crippen molar-refractivity contribution >= 4 is 29.0 Å². The molecule has 3 aromatic carbocycles. The first-order chi connectivity index (χ1) is 26.7. The Morgan fingerprint density at radius 2 is 1.69 bits per heavy atom. The van der Waals surface area contributed by atoms with Gasteiger partial charge in [0.1, 0.15) is 11.6 Å². The SMILES string of the molecule is Cc1c(C(=O)N(c2ccc(O)cc2)c2cnc3c(c2)CCN3C)cc(-c2cc3c(cc2C(=O)N2Cc4ccccc4C[C@H]2CN2CC(C#N)C2)OCO3)n1C. The van der Waals surface area contributed by atoms with E-state index in [-0.39, 0.29) is 36.3 Å². The number of aromatic nitrogens is 2. The fourth-order valence-electron chi connectivity index (χ4n) is 8.39. The molecule has 2 aromatic heterocycles. The van der Waals surface area contributed by atoms with E-state index in [1.165, 1.54) is 5.56 Å². The van der Waals surface area contributed by atoms with E-state index in [0.29, 0.717) is 83.6 Å². The van der Waals surface area contributed by atoms with E-state index in [1.807, 2.05) is 60.8 Å². The smallest absolute Gasteiger partial charge is 0.264 e. The lowest BCUT2D eigenvalue weighted by molar-refractivity contribution is 0.0468. The first kappa shape index (κ1) is 34.4. The fourth-order valence-corrected chi connectivity index (χ4v) is 8.39. The highest BCUT2D eigenvalue weighted by atomic mass is 16.7. The molecule has 278 valence electrons. The van der Waals surface area contributed by atoms with Crippen LogP contribution >= 0.6 is 0 Å². The number of rotatable bonds is 7. The fraction of sp³-hybridized carbons (Fsp3) is 0.302. The Kier molecular flexibility index (Phi) is 8.46. The molecule has 6 heterocycles. The second kappa shape index (κ2) is 13.5. The Morgan fingerprint density at radius 3 is 2.45 bits per heavy atom. The molecule has 0 spiro atoms. The van der Waals surface area contributed by atoms with Crippen molar-refractivity contribution in [3.05, 3.63) is 113 Å². The van der Waals surface area contributed by atoms with E-state index in [2.05, 4.69) is 28.0 Å². The quantitative estimate of drug-likeness (QED) is 0.220. The van der Waals surface area contributed by atoms with Crippen LogP contribution in [0.15, 0.2) is 79.0 Å². The van der Waals surface area contributed by atoms with Gasteiger partial charge in [-0.05, 0) is 85.0 Å². The van der Waals surface area contributed by atoms with Crippen molar-refractivity contribution in [2.45, 2.75) is 32.4 Å². The molecular weight excluding hydrogens is 695 g/mol. The molecule has 1 saturated heterocycles. The normalized spacial score (nSPS) is 17.4. The van der Waals surface area contributed by atoms with Crippen LogP contribution in [0.1, 0.15) is 43.1 Å². The van der Waals surface area contributed by atoms with Crippen LogP contribution in [0, 0.1) is 24.2 Å². The third-order valence-electron chi connectivity index (χ3n) is 11.6. The Hall–Kier alpha value is -6.32. The molecule has 0 saturated carbocycles. The molecule has 1 fully saturated rings. The number of nitriles is 1. The highest BCUT2D eigenvalue weighted by molar-refractivity contribution is 6.12. The second-order valence-corrected chi connectivity index (χ2v) is 14.9. The van der Waals surface area contributed by atoms with Gasteiger partial charge in [-0.2, -0.15) is 5.26 Å². The molecule has 0 radical (unpaired) electrons. The number of phenols is 1. The van der Waals surface area contributed by atoms with Gasteiger partial charge in [0.05, 0.1) is 35.0 Å². The minimum atomic E-state index is -0.273. The van der Waals surface area contributed by atoms with Crippen molar-refractivity contribution in [1.82, 2.24) is 19.4 Å². The van der Waals surface area contributed by atoms with E-state index in [9.17, 15) is 15.2 Å². The Morgan fingerprint density at radius 1 is 0.945 bits per heavy atom. The van der Waals surface area contributed by atoms with Gasteiger partial charge in [-0.25, -0.2) is 4.98 Å². The topological polar surface area (TPSA) is 127 Å². The number of likely N-dealkylation sites (tertiary alicyclic amines) is 1. The monoisotopic (exact) mass is 735 g/mol. The third kappa shape index (κ3) is 6.01. The average Bonchev–Trinajstić information content (AvgIpc) is 3.88. The average molecular weight is 736 g/mol. The zero-order valence-electron chi connectivity index (χ0n) is 31.0. The van der Waals surface area contributed by atoms with Crippen LogP contribution in [0.5, 0.6) is 17.2 Å². The predicted molar refractivity (Wildman–Crippen MR) is 207 cm³/mol. The van der Waals surface area contributed by atoms with Crippen molar-refractivity contribution in [3.63, 3.8) is 0 Å². The number of aromatic hydroxyl groups is 1. The van der Waals surface area contributed by atoms with Gasteiger partial charge >= 0.3 is 0 Å². The number of ether oxygens (including phenoxy) is 2. The summed E-state index contributed by atoms with van der Waals surface area (Å²) in [6, 6.07) is 24.5. The largest absolute Gasteiger partial charge is 0.508 e. The predicted octanol–water partition coefficient (Wildman–Crippen LogP) is 5.82. The van der Waals surface area contributed by atoms with E-state index >= 15 is 4.79 Å². The van der Waals surface area contributed by atoms with Gasteiger partial charge in [-0.3, -0.25) is 19.4 Å². The number of carbonyl (C=O) groups excluding carboxylic acids is 2. The summed E-state index contributed by atoms with van der Waals surface area (Å²) in [5, 5.41) is 19.5. The molecule has 1 atom stereocenters. The first-order valence-corrected chi connectivity index (χ1v) is 18.6. The maximum Gasteiger partial charge on any atom is 0.264 e. The van der Waals surface area contributed by atoms with Gasteiger partial charge in [0.2, 0.25) is 6.79 Å². The lowest BCUT2D eigenvalue weighted by Crippen LogP contribution is -2.55. The number of nitrogens with zero attached hydrogens (tertiary/aromatic N) is 7. The van der Waals surface area contributed by atoms with Gasteiger partial charge in [0.25, 0.3) is 11.8 Å². The molecule has 12 heteroatoms. The molecule has 0 unspecified atom stereocenters. The first-order valence-electron chi connectivity index (χ1n) is 18.6. The van der Waals surface area contributed by atoms with Crippen molar-refractivity contribution in [2.75, 3.05) is 49.8 Å². The van der Waals surface area contributed by atoms with Crippen LogP contribution in [0.3, 0.4) is 0 Å². The van der Waals surface area contributed by atoms with E-state index in [1.54, 1.807) is 41.4 Å². The minimum absolute atomic E-state index is 0.0172. The number of hydrogen-bond acceptors (Lipinski definition) is 9. The van der Waals surface area contributed by atoms with Gasteiger partial charge < -0.3 is 28.9 Å². The van der Waals surface area contributed by atoms with Crippen molar-refractivity contribution in [3.8, 4) is 34.6 Å². The lowest BCUT2D eigenvalue weighted by atomic mass is 9.91. The summed E-state index contributed by atoms with van der Waals surface area (Å²) < 4.78 is 13.6. The Bertz CT molecular complexity index is 2390. The lowest BCUT2D eigenvalue weighted by Gasteiger charge is -2.43. The number of amides is 2. The van der Waals surface area contributed by atoms with Gasteiger partial charge in [0, 0.05) is 75.5 Å². The highest BCUT2D eigenvalue weighted by Gasteiger charge is 2.37. The number of likely N-dealkylation sites (N-methyl/N-ethyl adjacent to an activating group) is 1. The Balaban J connectivity index is 1.12.